The Kier molecular flexibility index (Phi) is 7.98. The highest BCUT2D eigenvalue weighted by molar-refractivity contribution is 6.04. The number of rotatable bonds is 8. The number of para-hydroxylation sites is 1. The molecule has 2 N–H and O–H groups in total. The van der Waals surface area contributed by atoms with E-state index in [4.69, 9.17) is 4.42 Å². The van der Waals surface area contributed by atoms with Crippen molar-refractivity contribution in [2.45, 2.75) is 51.1 Å². The first-order valence-electron chi connectivity index (χ1n) is 12.1. The molecule has 182 valence electrons. The minimum absolute atomic E-state index is 0.0918. The molecule has 0 spiro atoms. The summed E-state index contributed by atoms with van der Waals surface area (Å²) in [5, 5.41) is 5.82. The van der Waals surface area contributed by atoms with Crippen molar-refractivity contribution in [1.82, 2.24) is 10.6 Å². The van der Waals surface area contributed by atoms with Gasteiger partial charge in [-0.05, 0) is 55.2 Å². The number of hydrogen-bond acceptors (Lipinski definition) is 4. The Labute approximate surface area is 205 Å². The quantitative estimate of drug-likeness (QED) is 0.502. The Morgan fingerprint density at radius 2 is 1.66 bits per heavy atom. The molecule has 7 heteroatoms. The van der Waals surface area contributed by atoms with Crippen molar-refractivity contribution in [2.75, 3.05) is 11.4 Å². The third-order valence-electron chi connectivity index (χ3n) is 6.39. The second-order valence-corrected chi connectivity index (χ2v) is 8.86. The highest BCUT2D eigenvalue weighted by atomic mass is 16.3. The van der Waals surface area contributed by atoms with Crippen LogP contribution in [-0.4, -0.2) is 30.3 Å². The molecule has 1 saturated carbocycles. The van der Waals surface area contributed by atoms with Crippen LogP contribution in [0, 0.1) is 6.92 Å². The molecule has 1 aliphatic rings. The van der Waals surface area contributed by atoms with E-state index in [1.54, 1.807) is 18.2 Å². The zero-order valence-corrected chi connectivity index (χ0v) is 19.9. The average Bonchev–Trinajstić information content (AvgIpc) is 3.42. The number of amides is 3. The van der Waals surface area contributed by atoms with Gasteiger partial charge in [-0.2, -0.15) is 0 Å². The molecule has 1 fully saturated rings. The van der Waals surface area contributed by atoms with Crippen LogP contribution in [0.25, 0.3) is 0 Å². The van der Waals surface area contributed by atoms with Gasteiger partial charge in [0.05, 0.1) is 12.8 Å². The first-order chi connectivity index (χ1) is 17.0. The highest BCUT2D eigenvalue weighted by Gasteiger charge is 2.35. The molecule has 2 aromatic carbocycles. The van der Waals surface area contributed by atoms with Gasteiger partial charge in [0.1, 0.15) is 6.04 Å². The number of nitrogens with zero attached hydrogens (tertiary/aromatic N) is 1. The standard InChI is InChI=1S/C28H31N3O4/c1-20-11-8-9-16-23(20)26(28(34)30-21-12-4-2-5-13-21)31(22-14-6-3-7-15-22)25(32)19-29-27(33)24-17-10-18-35-24/h3,6-11,14-18,21,26H,2,4-5,12-13,19H2,1H3,(H,29,33)(H,30,34)/t26-/m1/s1. The van der Waals surface area contributed by atoms with Gasteiger partial charge in [0, 0.05) is 11.7 Å². The summed E-state index contributed by atoms with van der Waals surface area (Å²) in [5.74, 6) is -0.992. The Bertz CT molecular complexity index is 1140. The summed E-state index contributed by atoms with van der Waals surface area (Å²) in [6.45, 7) is 1.65. The number of benzene rings is 2. The van der Waals surface area contributed by atoms with Crippen molar-refractivity contribution in [1.29, 1.82) is 0 Å². The topological polar surface area (TPSA) is 91.7 Å². The zero-order valence-electron chi connectivity index (χ0n) is 19.9. The number of hydrogen-bond donors (Lipinski definition) is 2. The first-order valence-corrected chi connectivity index (χ1v) is 12.1. The predicted molar refractivity (Wildman–Crippen MR) is 134 cm³/mol. The number of carbonyl (C=O) groups excluding carboxylic acids is 3. The van der Waals surface area contributed by atoms with Crippen LogP contribution in [0.3, 0.4) is 0 Å². The van der Waals surface area contributed by atoms with Gasteiger partial charge in [-0.25, -0.2) is 0 Å². The van der Waals surface area contributed by atoms with Crippen LogP contribution < -0.4 is 15.5 Å². The Balaban J connectivity index is 1.66. The number of nitrogens with one attached hydrogen (secondary N) is 2. The van der Waals surface area contributed by atoms with Crippen LogP contribution in [0.5, 0.6) is 0 Å². The van der Waals surface area contributed by atoms with E-state index in [2.05, 4.69) is 10.6 Å². The summed E-state index contributed by atoms with van der Waals surface area (Å²) in [6.07, 6.45) is 6.62. The summed E-state index contributed by atoms with van der Waals surface area (Å²) in [6, 6.07) is 19.0. The SMILES string of the molecule is Cc1ccccc1[C@H](C(=O)NC1CCCCC1)N(C(=O)CNC(=O)c1ccco1)c1ccccc1. The van der Waals surface area contributed by atoms with Crippen molar-refractivity contribution in [3.63, 3.8) is 0 Å². The molecule has 1 atom stereocenters. The van der Waals surface area contributed by atoms with E-state index in [1.807, 2.05) is 49.4 Å². The van der Waals surface area contributed by atoms with E-state index in [-0.39, 0.29) is 24.3 Å². The van der Waals surface area contributed by atoms with Crippen molar-refractivity contribution >= 4 is 23.4 Å². The highest BCUT2D eigenvalue weighted by Crippen LogP contribution is 2.30. The van der Waals surface area contributed by atoms with Crippen molar-refractivity contribution < 1.29 is 18.8 Å². The molecule has 0 unspecified atom stereocenters. The summed E-state index contributed by atoms with van der Waals surface area (Å²) in [4.78, 5) is 41.3. The Morgan fingerprint density at radius 1 is 0.943 bits per heavy atom. The smallest absolute Gasteiger partial charge is 0.287 e. The second-order valence-electron chi connectivity index (χ2n) is 8.86. The summed E-state index contributed by atoms with van der Waals surface area (Å²) < 4.78 is 5.13. The van der Waals surface area contributed by atoms with E-state index in [0.29, 0.717) is 5.69 Å². The van der Waals surface area contributed by atoms with Crippen molar-refractivity contribution in [2.24, 2.45) is 0 Å². The van der Waals surface area contributed by atoms with Crippen LogP contribution in [-0.2, 0) is 9.59 Å². The maximum atomic E-state index is 13.8. The number of anilines is 1. The summed E-state index contributed by atoms with van der Waals surface area (Å²) in [7, 11) is 0. The molecule has 3 aromatic rings. The monoisotopic (exact) mass is 473 g/mol. The van der Waals surface area contributed by atoms with Crippen LogP contribution >= 0.6 is 0 Å². The number of carbonyl (C=O) groups is 3. The molecule has 7 nitrogen and oxygen atoms in total. The fourth-order valence-electron chi connectivity index (χ4n) is 4.58. The van der Waals surface area contributed by atoms with Gasteiger partial charge in [0.15, 0.2) is 5.76 Å². The normalized spacial score (nSPS) is 14.7. The Hall–Kier alpha value is -3.87. The molecule has 0 radical (unpaired) electrons. The molecule has 0 bridgehead atoms. The lowest BCUT2D eigenvalue weighted by Gasteiger charge is -2.34. The number of furan rings is 1. The van der Waals surface area contributed by atoms with E-state index in [9.17, 15) is 14.4 Å². The predicted octanol–water partition coefficient (Wildman–Crippen LogP) is 4.54. The molecule has 35 heavy (non-hydrogen) atoms. The lowest BCUT2D eigenvalue weighted by molar-refractivity contribution is -0.127. The van der Waals surface area contributed by atoms with E-state index in [1.165, 1.54) is 23.7 Å². The van der Waals surface area contributed by atoms with Gasteiger partial charge in [-0.3, -0.25) is 19.3 Å². The lowest BCUT2D eigenvalue weighted by Crippen LogP contribution is -2.50. The van der Waals surface area contributed by atoms with Gasteiger partial charge in [0.2, 0.25) is 11.8 Å². The molecule has 1 aliphatic carbocycles. The molecular weight excluding hydrogens is 442 g/mol. The third-order valence-corrected chi connectivity index (χ3v) is 6.39. The van der Waals surface area contributed by atoms with E-state index < -0.39 is 17.9 Å². The minimum atomic E-state index is -0.881. The fraction of sp³-hybridized carbons (Fsp3) is 0.321. The Morgan fingerprint density at radius 3 is 2.34 bits per heavy atom. The first kappa shape index (κ1) is 24.3. The molecule has 3 amide bonds. The summed E-state index contributed by atoms with van der Waals surface area (Å²) in [5.41, 5.74) is 2.23. The molecule has 1 aromatic heterocycles. The van der Waals surface area contributed by atoms with Gasteiger partial charge in [-0.1, -0.05) is 61.7 Å². The van der Waals surface area contributed by atoms with Crippen LogP contribution in [0.4, 0.5) is 5.69 Å². The van der Waals surface area contributed by atoms with E-state index >= 15 is 0 Å². The van der Waals surface area contributed by atoms with Gasteiger partial charge < -0.3 is 15.1 Å². The fourth-order valence-corrected chi connectivity index (χ4v) is 4.58. The molecule has 4 rings (SSSR count). The maximum Gasteiger partial charge on any atom is 0.287 e. The van der Waals surface area contributed by atoms with Crippen LogP contribution in [0.2, 0.25) is 0 Å². The van der Waals surface area contributed by atoms with E-state index in [0.717, 1.165) is 36.8 Å². The largest absolute Gasteiger partial charge is 0.459 e. The second kappa shape index (κ2) is 11.5. The summed E-state index contributed by atoms with van der Waals surface area (Å²) >= 11 is 0. The van der Waals surface area contributed by atoms with Crippen molar-refractivity contribution in [3.05, 3.63) is 89.9 Å². The molecular formula is C28H31N3O4. The number of aryl methyl sites for hydroxylation is 1. The molecule has 1 heterocycles. The van der Waals surface area contributed by atoms with Gasteiger partial charge in [0.25, 0.3) is 5.91 Å². The lowest BCUT2D eigenvalue weighted by atomic mass is 9.93. The van der Waals surface area contributed by atoms with Crippen molar-refractivity contribution in [3.8, 4) is 0 Å². The van der Waals surface area contributed by atoms with Crippen LogP contribution in [0.15, 0.2) is 77.4 Å². The minimum Gasteiger partial charge on any atom is -0.459 e. The molecule has 0 aliphatic heterocycles. The molecule has 0 saturated heterocycles. The maximum absolute atomic E-state index is 13.8. The van der Waals surface area contributed by atoms with Crippen LogP contribution in [0.1, 0.15) is 59.8 Å². The third kappa shape index (κ3) is 5.98. The zero-order chi connectivity index (χ0) is 24.6. The average molecular weight is 474 g/mol. The van der Waals surface area contributed by atoms with Gasteiger partial charge >= 0.3 is 0 Å². The van der Waals surface area contributed by atoms with Gasteiger partial charge in [-0.15, -0.1) is 0 Å².